The average molecular weight is 923 g/mol. The summed E-state index contributed by atoms with van der Waals surface area (Å²) in [6.45, 7) is 23.3. The minimum absolute atomic E-state index is 0.118. The summed E-state index contributed by atoms with van der Waals surface area (Å²) in [7, 11) is 0. The van der Waals surface area contributed by atoms with Crippen LogP contribution in [0.1, 0.15) is 103 Å². The van der Waals surface area contributed by atoms with Crippen LogP contribution >= 0.6 is 23.2 Å². The number of pyridine rings is 1. The normalized spacial score (nSPS) is 19.5. The number of aromatic nitrogens is 1. The van der Waals surface area contributed by atoms with Gasteiger partial charge in [-0.25, -0.2) is 24.2 Å². The number of anilines is 5. The summed E-state index contributed by atoms with van der Waals surface area (Å²) >= 11 is 14.8. The van der Waals surface area contributed by atoms with Crippen LogP contribution in [0.4, 0.5) is 47.9 Å². The van der Waals surface area contributed by atoms with Gasteiger partial charge in [0.2, 0.25) is 5.91 Å². The summed E-state index contributed by atoms with van der Waals surface area (Å²) < 4.78 is 22.4. The van der Waals surface area contributed by atoms with E-state index in [9.17, 15) is 24.0 Å². The molecule has 20 heteroatoms. The van der Waals surface area contributed by atoms with Gasteiger partial charge in [-0.2, -0.15) is 0 Å². The van der Waals surface area contributed by atoms with E-state index in [1.165, 1.54) is 6.92 Å². The SMILES string of the molecule is CC(=O)Nc1ccc(Nc2nc(N3CC(NC(=O)OC(C)(C)C)CC(NC(=O)OC(C)(C)C)C3)c(Cl)c(N3CC(NC(=O)OC(C)(C)C)CC(NC(=O)OC(C)(C)C)C3)c2Cl)cc1. The third-order valence-electron chi connectivity index (χ3n) is 8.91. The zero-order valence-corrected chi connectivity index (χ0v) is 40.1. The summed E-state index contributed by atoms with van der Waals surface area (Å²) in [4.78, 5) is 72.9. The number of benzene rings is 1. The lowest BCUT2D eigenvalue weighted by molar-refractivity contribution is -0.114. The van der Waals surface area contributed by atoms with Gasteiger partial charge in [-0.15, -0.1) is 0 Å². The second kappa shape index (κ2) is 20.2. The van der Waals surface area contributed by atoms with Crippen molar-refractivity contribution in [2.75, 3.05) is 46.6 Å². The van der Waals surface area contributed by atoms with Gasteiger partial charge in [-0.3, -0.25) is 4.79 Å². The van der Waals surface area contributed by atoms with Crippen LogP contribution < -0.4 is 41.7 Å². The van der Waals surface area contributed by atoms with Crippen molar-refractivity contribution in [2.24, 2.45) is 0 Å². The van der Waals surface area contributed by atoms with E-state index < -0.39 is 70.9 Å². The summed E-state index contributed by atoms with van der Waals surface area (Å²) in [5.41, 5.74) is -1.63. The van der Waals surface area contributed by atoms with Crippen LogP contribution in [0.25, 0.3) is 0 Å². The molecule has 0 radical (unpaired) electrons. The Morgan fingerprint density at radius 3 is 1.22 bits per heavy atom. The van der Waals surface area contributed by atoms with E-state index in [0.29, 0.717) is 29.9 Å². The highest BCUT2D eigenvalue weighted by Gasteiger charge is 2.38. The number of nitrogens with one attached hydrogen (secondary N) is 6. The van der Waals surface area contributed by atoms with Crippen molar-refractivity contribution in [1.29, 1.82) is 0 Å². The molecule has 2 saturated heterocycles. The lowest BCUT2D eigenvalue weighted by Gasteiger charge is -2.42. The van der Waals surface area contributed by atoms with Gasteiger partial charge < -0.3 is 60.6 Å². The van der Waals surface area contributed by atoms with E-state index >= 15 is 0 Å². The third kappa shape index (κ3) is 16.8. The van der Waals surface area contributed by atoms with Crippen molar-refractivity contribution in [3.8, 4) is 0 Å². The third-order valence-corrected chi connectivity index (χ3v) is 9.61. The highest BCUT2D eigenvalue weighted by Crippen LogP contribution is 2.45. The average Bonchev–Trinajstić information content (AvgIpc) is 3.06. The Balaban J connectivity index is 1.84. The lowest BCUT2D eigenvalue weighted by Crippen LogP contribution is -2.58. The molecule has 2 aliphatic heterocycles. The summed E-state index contributed by atoms with van der Waals surface area (Å²) in [6.07, 6.45) is -1.96. The first-order chi connectivity index (χ1) is 28.9. The van der Waals surface area contributed by atoms with E-state index in [-0.39, 0.29) is 53.8 Å². The van der Waals surface area contributed by atoms with Crippen molar-refractivity contribution < 1.29 is 42.9 Å². The number of nitrogens with zero attached hydrogens (tertiary/aromatic N) is 3. The number of alkyl carbamates (subject to hydrolysis) is 4. The van der Waals surface area contributed by atoms with E-state index in [4.69, 9.17) is 47.1 Å². The molecule has 4 unspecified atom stereocenters. The minimum Gasteiger partial charge on any atom is -0.444 e. The van der Waals surface area contributed by atoms with Crippen LogP contribution in [0.2, 0.25) is 10.0 Å². The zero-order valence-electron chi connectivity index (χ0n) is 38.6. The Bertz CT molecular complexity index is 1900. The molecule has 2 aliphatic rings. The predicted octanol–water partition coefficient (Wildman–Crippen LogP) is 8.08. The highest BCUT2D eigenvalue weighted by atomic mass is 35.5. The minimum atomic E-state index is -0.777. The van der Waals surface area contributed by atoms with Gasteiger partial charge in [-0.05, 0) is 120 Å². The van der Waals surface area contributed by atoms with E-state index in [2.05, 4.69) is 31.9 Å². The standard InChI is InChI=1S/C43H65Cl2N9O9/c1-24(55)46-25-14-16-26(17-15-25)47-34-31(44)33(53-20-27(48-36(56)60-40(2,3)4)18-28(21-53)49-37(57)61-41(5,6)7)32(45)35(52-34)54-22-29(50-38(58)62-42(8,9)10)19-30(23-54)51-39(59)63-43(11,12)13/h14-17,27-30H,18-23H2,1-13H3,(H,46,55)(H,47,52)(H,48,56)(H,49,57)(H,50,58)(H,51,59). The Hall–Kier alpha value is -5.10. The van der Waals surface area contributed by atoms with Crippen LogP contribution in [-0.4, -0.2) is 108 Å². The molecule has 0 spiro atoms. The number of hydrogen-bond donors (Lipinski definition) is 6. The Morgan fingerprint density at radius 2 is 0.889 bits per heavy atom. The molecular weight excluding hydrogens is 857 g/mol. The van der Waals surface area contributed by atoms with Gasteiger partial charge in [0.1, 0.15) is 32.4 Å². The number of piperidine rings is 2. The summed E-state index contributed by atoms with van der Waals surface area (Å²) in [5, 5.41) is 18.0. The van der Waals surface area contributed by atoms with Crippen LogP contribution in [0.15, 0.2) is 24.3 Å². The van der Waals surface area contributed by atoms with Gasteiger partial charge in [0.25, 0.3) is 0 Å². The Morgan fingerprint density at radius 1 is 0.556 bits per heavy atom. The number of hydrogen-bond acceptors (Lipinski definition) is 13. The number of amides is 5. The van der Waals surface area contributed by atoms with Gasteiger partial charge in [-0.1, -0.05) is 23.2 Å². The fourth-order valence-electron chi connectivity index (χ4n) is 6.93. The quantitative estimate of drug-likeness (QED) is 0.131. The highest BCUT2D eigenvalue weighted by molar-refractivity contribution is 6.42. The molecule has 3 heterocycles. The smallest absolute Gasteiger partial charge is 0.407 e. The van der Waals surface area contributed by atoms with Crippen molar-refractivity contribution in [2.45, 2.75) is 149 Å². The molecule has 2 fully saturated rings. The van der Waals surface area contributed by atoms with Crippen LogP contribution in [0.3, 0.4) is 0 Å². The predicted molar refractivity (Wildman–Crippen MR) is 245 cm³/mol. The van der Waals surface area contributed by atoms with Gasteiger partial charge in [0.15, 0.2) is 11.6 Å². The number of halogens is 2. The number of ether oxygens (including phenoxy) is 4. The fraction of sp³-hybridized carbons (Fsp3) is 0.628. The van der Waals surface area contributed by atoms with Gasteiger partial charge in [0, 0.05) is 44.5 Å². The molecule has 1 aromatic carbocycles. The van der Waals surface area contributed by atoms with Crippen LogP contribution in [0.5, 0.6) is 0 Å². The van der Waals surface area contributed by atoms with Gasteiger partial charge >= 0.3 is 24.4 Å². The maximum Gasteiger partial charge on any atom is 0.407 e. The molecular formula is C43H65Cl2N9O9. The van der Waals surface area contributed by atoms with Crippen molar-refractivity contribution in [1.82, 2.24) is 26.3 Å². The molecule has 0 saturated carbocycles. The number of carbonyl (C=O) groups excluding carboxylic acids is 5. The number of rotatable bonds is 9. The maximum absolute atomic E-state index is 13.1. The first-order valence-electron chi connectivity index (χ1n) is 20.9. The Kier molecular flexibility index (Phi) is 16.2. The van der Waals surface area contributed by atoms with E-state index in [1.807, 2.05) is 9.80 Å². The van der Waals surface area contributed by atoms with E-state index in [0.717, 1.165) is 0 Å². The zero-order chi connectivity index (χ0) is 47.2. The summed E-state index contributed by atoms with van der Waals surface area (Å²) in [5.74, 6) is 0.211. The van der Waals surface area contributed by atoms with Crippen molar-refractivity contribution in [3.63, 3.8) is 0 Å². The molecule has 350 valence electrons. The van der Waals surface area contributed by atoms with Crippen molar-refractivity contribution >= 4 is 82.2 Å². The maximum atomic E-state index is 13.1. The molecule has 63 heavy (non-hydrogen) atoms. The molecule has 5 amide bonds. The lowest BCUT2D eigenvalue weighted by atomic mass is 9.99. The number of carbonyl (C=O) groups is 5. The first kappa shape index (κ1) is 50.5. The van der Waals surface area contributed by atoms with Gasteiger partial charge in [0.05, 0.1) is 29.9 Å². The molecule has 0 bridgehead atoms. The molecule has 1 aromatic heterocycles. The molecule has 4 atom stereocenters. The topological polar surface area (TPSA) is 214 Å². The van der Waals surface area contributed by atoms with Crippen LogP contribution in [0, 0.1) is 0 Å². The van der Waals surface area contributed by atoms with Crippen molar-refractivity contribution in [3.05, 3.63) is 34.3 Å². The first-order valence-corrected chi connectivity index (χ1v) is 21.7. The van der Waals surface area contributed by atoms with Crippen LogP contribution in [-0.2, 0) is 23.7 Å². The molecule has 4 rings (SSSR count). The summed E-state index contributed by atoms with van der Waals surface area (Å²) in [6, 6.07) is 4.62. The second-order valence-electron chi connectivity index (χ2n) is 19.8. The molecule has 2 aromatic rings. The monoisotopic (exact) mass is 921 g/mol. The molecule has 18 nitrogen and oxygen atoms in total. The second-order valence-corrected chi connectivity index (χ2v) is 20.6. The van der Waals surface area contributed by atoms with E-state index in [1.54, 1.807) is 107 Å². The fourth-order valence-corrected chi connectivity index (χ4v) is 7.66. The molecule has 6 N–H and O–H groups in total. The molecule has 0 aliphatic carbocycles. The Labute approximate surface area is 380 Å². The largest absolute Gasteiger partial charge is 0.444 e.